The van der Waals surface area contributed by atoms with Crippen molar-refractivity contribution in [3.8, 4) is 5.75 Å². The van der Waals surface area contributed by atoms with Crippen LogP contribution in [0.25, 0.3) is 0 Å². The Kier molecular flexibility index (Phi) is 4.41. The standard InChI is InChI=1S/C16H22N2O3/c17-15(11-5-8-20-9-6-11)16(19)18-13-7-10-21-14-4-2-1-3-12(13)14/h1-4,11,13,15H,5-10,17H2,(H,18,19). The molecule has 5 heteroatoms. The van der Waals surface area contributed by atoms with Gasteiger partial charge in [0.2, 0.25) is 5.91 Å². The third kappa shape index (κ3) is 3.19. The first kappa shape index (κ1) is 14.4. The van der Waals surface area contributed by atoms with Crippen LogP contribution in [-0.4, -0.2) is 31.8 Å². The predicted octanol–water partition coefficient (Wildman–Crippen LogP) is 1.38. The molecule has 0 aliphatic carbocycles. The van der Waals surface area contributed by atoms with Crippen LogP contribution in [0.5, 0.6) is 5.75 Å². The lowest BCUT2D eigenvalue weighted by atomic mass is 9.91. The van der Waals surface area contributed by atoms with E-state index in [1.807, 2.05) is 24.3 Å². The van der Waals surface area contributed by atoms with Gasteiger partial charge in [-0.2, -0.15) is 0 Å². The molecule has 1 amide bonds. The van der Waals surface area contributed by atoms with Crippen molar-refractivity contribution in [1.82, 2.24) is 5.32 Å². The van der Waals surface area contributed by atoms with Crippen molar-refractivity contribution in [2.45, 2.75) is 31.3 Å². The Bertz CT molecular complexity index is 500. The molecule has 3 N–H and O–H groups in total. The zero-order valence-corrected chi connectivity index (χ0v) is 12.1. The zero-order chi connectivity index (χ0) is 14.7. The molecule has 2 aliphatic rings. The Balaban J connectivity index is 1.65. The molecular formula is C16H22N2O3. The van der Waals surface area contributed by atoms with Crippen LogP contribution in [0.1, 0.15) is 30.9 Å². The van der Waals surface area contributed by atoms with Crippen molar-refractivity contribution >= 4 is 5.91 Å². The number of fused-ring (bicyclic) bond motifs is 1. The molecule has 21 heavy (non-hydrogen) atoms. The lowest BCUT2D eigenvalue weighted by Crippen LogP contribution is -2.48. The molecule has 5 nitrogen and oxygen atoms in total. The van der Waals surface area contributed by atoms with Gasteiger partial charge in [-0.3, -0.25) is 4.79 Å². The van der Waals surface area contributed by atoms with E-state index in [1.165, 1.54) is 0 Å². The summed E-state index contributed by atoms with van der Waals surface area (Å²) in [6.07, 6.45) is 2.50. The zero-order valence-electron chi connectivity index (χ0n) is 12.1. The monoisotopic (exact) mass is 290 g/mol. The van der Waals surface area contributed by atoms with Crippen LogP contribution in [0.15, 0.2) is 24.3 Å². The Hall–Kier alpha value is -1.59. The van der Waals surface area contributed by atoms with Gasteiger partial charge in [-0.05, 0) is 24.8 Å². The van der Waals surface area contributed by atoms with E-state index < -0.39 is 6.04 Å². The molecule has 0 radical (unpaired) electrons. The van der Waals surface area contributed by atoms with E-state index in [9.17, 15) is 4.79 Å². The summed E-state index contributed by atoms with van der Waals surface area (Å²) in [5, 5.41) is 3.09. The average molecular weight is 290 g/mol. The van der Waals surface area contributed by atoms with E-state index >= 15 is 0 Å². The maximum Gasteiger partial charge on any atom is 0.237 e. The number of nitrogens with one attached hydrogen (secondary N) is 1. The highest BCUT2D eigenvalue weighted by Crippen LogP contribution is 2.31. The topological polar surface area (TPSA) is 73.6 Å². The minimum atomic E-state index is -0.455. The lowest BCUT2D eigenvalue weighted by Gasteiger charge is -2.30. The number of nitrogens with two attached hydrogens (primary N) is 1. The van der Waals surface area contributed by atoms with E-state index in [4.69, 9.17) is 15.2 Å². The van der Waals surface area contributed by atoms with Crippen LogP contribution >= 0.6 is 0 Å². The molecular weight excluding hydrogens is 268 g/mol. The molecule has 1 aromatic carbocycles. The van der Waals surface area contributed by atoms with E-state index in [0.29, 0.717) is 19.8 Å². The van der Waals surface area contributed by atoms with Crippen molar-refractivity contribution in [2.75, 3.05) is 19.8 Å². The van der Waals surface area contributed by atoms with E-state index in [1.54, 1.807) is 0 Å². The van der Waals surface area contributed by atoms with Gasteiger partial charge in [0.05, 0.1) is 18.7 Å². The predicted molar refractivity (Wildman–Crippen MR) is 79.0 cm³/mol. The van der Waals surface area contributed by atoms with Crippen LogP contribution in [-0.2, 0) is 9.53 Å². The summed E-state index contributed by atoms with van der Waals surface area (Å²) in [5.74, 6) is 1.01. The van der Waals surface area contributed by atoms with Crippen LogP contribution in [0.4, 0.5) is 0 Å². The number of para-hydroxylation sites is 1. The highest BCUT2D eigenvalue weighted by atomic mass is 16.5. The number of carbonyl (C=O) groups is 1. The smallest absolute Gasteiger partial charge is 0.237 e. The molecule has 2 aliphatic heterocycles. The summed E-state index contributed by atoms with van der Waals surface area (Å²) in [4.78, 5) is 12.4. The van der Waals surface area contributed by atoms with Gasteiger partial charge >= 0.3 is 0 Å². The number of hydrogen-bond donors (Lipinski definition) is 2. The Labute approximate surface area is 124 Å². The Morgan fingerprint density at radius 1 is 1.19 bits per heavy atom. The molecule has 0 spiro atoms. The largest absolute Gasteiger partial charge is 0.493 e. The molecule has 3 rings (SSSR count). The molecule has 1 saturated heterocycles. The summed E-state index contributed by atoms with van der Waals surface area (Å²) >= 11 is 0. The maximum atomic E-state index is 12.4. The maximum absolute atomic E-state index is 12.4. The minimum Gasteiger partial charge on any atom is -0.493 e. The fourth-order valence-electron chi connectivity index (χ4n) is 3.05. The number of carbonyl (C=O) groups excluding carboxylic acids is 1. The Morgan fingerprint density at radius 3 is 2.76 bits per heavy atom. The summed E-state index contributed by atoms with van der Waals surface area (Å²) in [5.41, 5.74) is 7.17. The van der Waals surface area contributed by atoms with Crippen LogP contribution in [0, 0.1) is 5.92 Å². The normalized spacial score (nSPS) is 23.8. The highest BCUT2D eigenvalue weighted by Gasteiger charge is 2.29. The van der Waals surface area contributed by atoms with Gasteiger partial charge in [0.15, 0.2) is 0 Å². The van der Waals surface area contributed by atoms with Crippen LogP contribution < -0.4 is 15.8 Å². The molecule has 2 atom stereocenters. The summed E-state index contributed by atoms with van der Waals surface area (Å²) in [6, 6.07) is 7.38. The first-order chi connectivity index (χ1) is 10.3. The highest BCUT2D eigenvalue weighted by molar-refractivity contribution is 5.82. The molecule has 114 valence electrons. The fourth-order valence-corrected chi connectivity index (χ4v) is 3.05. The summed E-state index contributed by atoms with van der Waals surface area (Å²) in [6.45, 7) is 2.02. The fraction of sp³-hybridized carbons (Fsp3) is 0.562. The number of amides is 1. The van der Waals surface area contributed by atoms with E-state index in [0.717, 1.165) is 30.6 Å². The van der Waals surface area contributed by atoms with E-state index in [-0.39, 0.29) is 17.9 Å². The number of rotatable bonds is 3. The SMILES string of the molecule is NC(C(=O)NC1CCOc2ccccc21)C1CCOCC1. The van der Waals surface area contributed by atoms with Gasteiger partial charge in [0.25, 0.3) is 0 Å². The Morgan fingerprint density at radius 2 is 1.95 bits per heavy atom. The summed E-state index contributed by atoms with van der Waals surface area (Å²) < 4.78 is 10.9. The molecule has 0 saturated carbocycles. The molecule has 2 unspecified atom stereocenters. The second-order valence-corrected chi connectivity index (χ2v) is 5.71. The molecule has 1 fully saturated rings. The number of benzene rings is 1. The molecule has 0 aromatic heterocycles. The van der Waals surface area contributed by atoms with Crippen LogP contribution in [0.2, 0.25) is 0 Å². The van der Waals surface area contributed by atoms with Crippen molar-refractivity contribution in [3.05, 3.63) is 29.8 Å². The third-order valence-electron chi connectivity index (χ3n) is 4.35. The first-order valence-corrected chi connectivity index (χ1v) is 7.61. The van der Waals surface area contributed by atoms with Gasteiger partial charge in [-0.1, -0.05) is 18.2 Å². The van der Waals surface area contributed by atoms with Crippen molar-refractivity contribution in [3.63, 3.8) is 0 Å². The second kappa shape index (κ2) is 6.45. The van der Waals surface area contributed by atoms with Gasteiger partial charge in [-0.15, -0.1) is 0 Å². The average Bonchev–Trinajstić information content (AvgIpc) is 2.55. The van der Waals surface area contributed by atoms with Gasteiger partial charge in [-0.25, -0.2) is 0 Å². The van der Waals surface area contributed by atoms with Gasteiger partial charge < -0.3 is 20.5 Å². The molecule has 2 heterocycles. The van der Waals surface area contributed by atoms with Crippen molar-refractivity contribution in [1.29, 1.82) is 0 Å². The second-order valence-electron chi connectivity index (χ2n) is 5.71. The third-order valence-corrected chi connectivity index (χ3v) is 4.35. The lowest BCUT2D eigenvalue weighted by molar-refractivity contribution is -0.125. The number of ether oxygens (including phenoxy) is 2. The van der Waals surface area contributed by atoms with E-state index in [2.05, 4.69) is 5.32 Å². The first-order valence-electron chi connectivity index (χ1n) is 7.61. The molecule has 0 bridgehead atoms. The number of hydrogen-bond acceptors (Lipinski definition) is 4. The van der Waals surface area contributed by atoms with Gasteiger partial charge in [0.1, 0.15) is 5.75 Å². The van der Waals surface area contributed by atoms with Crippen molar-refractivity contribution < 1.29 is 14.3 Å². The van der Waals surface area contributed by atoms with Crippen LogP contribution in [0.3, 0.4) is 0 Å². The molecule has 1 aromatic rings. The minimum absolute atomic E-state index is 0.00617. The quantitative estimate of drug-likeness (QED) is 0.882. The summed E-state index contributed by atoms with van der Waals surface area (Å²) in [7, 11) is 0. The van der Waals surface area contributed by atoms with Crippen molar-refractivity contribution in [2.24, 2.45) is 11.7 Å². The van der Waals surface area contributed by atoms with Gasteiger partial charge in [0, 0.05) is 25.2 Å².